The molecule has 90 valence electrons. The van der Waals surface area contributed by atoms with E-state index in [4.69, 9.17) is 11.6 Å². The lowest BCUT2D eigenvalue weighted by molar-refractivity contribution is -0.129. The van der Waals surface area contributed by atoms with Crippen LogP contribution in [-0.2, 0) is 11.2 Å². The Balaban J connectivity index is 2.27. The number of hydrogen-bond donors (Lipinski definition) is 1. The summed E-state index contributed by atoms with van der Waals surface area (Å²) in [5.74, 6) is -0.655. The van der Waals surface area contributed by atoms with Crippen molar-refractivity contribution in [3.8, 4) is 0 Å². The predicted octanol–water partition coefficient (Wildman–Crippen LogP) is 0.811. The molecule has 1 aliphatic rings. The molecule has 1 heterocycles. The zero-order valence-electron chi connectivity index (χ0n) is 9.10. The number of benzene rings is 1. The second kappa shape index (κ2) is 4.85. The smallest absolute Gasteiger partial charge is 0.260 e. The highest BCUT2D eigenvalue weighted by Crippen LogP contribution is 2.19. The number of hydrogen-bond acceptors (Lipinski definition) is 3. The third kappa shape index (κ3) is 2.33. The average Bonchev–Trinajstić information content (AvgIpc) is 2.34. The van der Waals surface area contributed by atoms with E-state index >= 15 is 0 Å². The second-order valence-corrected chi connectivity index (χ2v) is 4.26. The number of carbonyl (C=O) groups excluding carboxylic acids is 2. The van der Waals surface area contributed by atoms with Crippen LogP contribution in [-0.4, -0.2) is 40.3 Å². The molecule has 0 saturated heterocycles. The van der Waals surface area contributed by atoms with Crippen molar-refractivity contribution in [3.63, 3.8) is 0 Å². The molecule has 1 aromatic carbocycles. The van der Waals surface area contributed by atoms with E-state index in [-0.39, 0.29) is 30.7 Å². The number of fused-ring (bicyclic) bond motifs is 1. The van der Waals surface area contributed by atoms with E-state index in [1.165, 1.54) is 0 Å². The van der Waals surface area contributed by atoms with Crippen LogP contribution < -0.4 is 0 Å². The molecule has 2 rings (SSSR count). The molecule has 1 N–H and O–H groups in total. The van der Waals surface area contributed by atoms with Crippen molar-refractivity contribution in [1.82, 2.24) is 4.90 Å². The minimum Gasteiger partial charge on any atom is -0.390 e. The van der Waals surface area contributed by atoms with Crippen molar-refractivity contribution in [2.75, 3.05) is 12.4 Å². The molecule has 0 saturated carbocycles. The topological polar surface area (TPSA) is 57.6 Å². The van der Waals surface area contributed by atoms with Crippen LogP contribution in [0.15, 0.2) is 24.3 Å². The molecule has 1 aliphatic heterocycles. The van der Waals surface area contributed by atoms with Gasteiger partial charge in [0, 0.05) is 5.56 Å². The molecule has 0 aromatic heterocycles. The normalized spacial score (nSPS) is 16.9. The van der Waals surface area contributed by atoms with E-state index in [1.54, 1.807) is 24.3 Å². The predicted molar refractivity (Wildman–Crippen MR) is 62.9 cm³/mol. The molecule has 1 atom stereocenters. The number of aliphatic hydroxyl groups is 1. The summed E-state index contributed by atoms with van der Waals surface area (Å²) in [6.07, 6.45) is -0.688. The van der Waals surface area contributed by atoms with Gasteiger partial charge in [-0.15, -0.1) is 11.6 Å². The first kappa shape index (κ1) is 12.1. The van der Waals surface area contributed by atoms with Gasteiger partial charge in [-0.3, -0.25) is 14.5 Å². The minimum atomic E-state index is -0.880. The van der Waals surface area contributed by atoms with Crippen LogP contribution in [0.3, 0.4) is 0 Å². The molecule has 0 fully saturated rings. The summed E-state index contributed by atoms with van der Waals surface area (Å²) in [4.78, 5) is 24.9. The van der Waals surface area contributed by atoms with Gasteiger partial charge in [0.2, 0.25) is 5.91 Å². The number of alkyl halides is 1. The van der Waals surface area contributed by atoms with Crippen molar-refractivity contribution in [1.29, 1.82) is 0 Å². The highest BCUT2D eigenvalue weighted by Gasteiger charge is 2.31. The maximum absolute atomic E-state index is 12.0. The van der Waals surface area contributed by atoms with Crippen molar-refractivity contribution >= 4 is 23.4 Å². The summed E-state index contributed by atoms with van der Waals surface area (Å²) in [5, 5.41) is 9.42. The number of amides is 2. The van der Waals surface area contributed by atoms with Crippen LogP contribution in [0, 0.1) is 0 Å². The summed E-state index contributed by atoms with van der Waals surface area (Å²) in [5.41, 5.74) is 1.26. The molecule has 4 nitrogen and oxygen atoms in total. The fraction of sp³-hybridized carbons (Fsp3) is 0.333. The van der Waals surface area contributed by atoms with Crippen LogP contribution >= 0.6 is 11.6 Å². The minimum absolute atomic E-state index is 0.00128. The molecule has 0 spiro atoms. The first-order chi connectivity index (χ1) is 8.13. The maximum atomic E-state index is 12.0. The molecule has 0 aliphatic carbocycles. The van der Waals surface area contributed by atoms with E-state index < -0.39 is 6.10 Å². The van der Waals surface area contributed by atoms with Gasteiger partial charge in [0.25, 0.3) is 5.91 Å². The van der Waals surface area contributed by atoms with Gasteiger partial charge in [0.15, 0.2) is 0 Å². The van der Waals surface area contributed by atoms with Crippen molar-refractivity contribution in [2.24, 2.45) is 0 Å². The van der Waals surface area contributed by atoms with Gasteiger partial charge in [0.1, 0.15) is 0 Å². The Kier molecular flexibility index (Phi) is 3.45. The van der Waals surface area contributed by atoms with E-state index in [0.717, 1.165) is 10.5 Å². The number of imide groups is 1. The number of nitrogens with zero attached hydrogens (tertiary/aromatic N) is 1. The summed E-state index contributed by atoms with van der Waals surface area (Å²) in [6, 6.07) is 7.00. The molecule has 0 bridgehead atoms. The lowest BCUT2D eigenvalue weighted by atomic mass is 9.98. The van der Waals surface area contributed by atoms with Gasteiger partial charge in [0.05, 0.1) is 24.9 Å². The molecule has 1 aromatic rings. The molecule has 5 heteroatoms. The lowest BCUT2D eigenvalue weighted by Crippen LogP contribution is -2.46. The highest BCUT2D eigenvalue weighted by atomic mass is 35.5. The summed E-state index contributed by atoms with van der Waals surface area (Å²) >= 11 is 5.47. The van der Waals surface area contributed by atoms with E-state index in [0.29, 0.717) is 5.56 Å². The van der Waals surface area contributed by atoms with Crippen LogP contribution in [0.25, 0.3) is 0 Å². The summed E-state index contributed by atoms with van der Waals surface area (Å²) < 4.78 is 0. The molecule has 2 amide bonds. The van der Waals surface area contributed by atoms with Crippen LogP contribution in [0.5, 0.6) is 0 Å². The number of aliphatic hydroxyl groups excluding tert-OH is 1. The van der Waals surface area contributed by atoms with Gasteiger partial charge in [-0.25, -0.2) is 0 Å². The van der Waals surface area contributed by atoms with Crippen LogP contribution in [0.2, 0.25) is 0 Å². The Hall–Kier alpha value is -1.39. The van der Waals surface area contributed by atoms with E-state index in [9.17, 15) is 14.7 Å². The van der Waals surface area contributed by atoms with E-state index in [1.807, 2.05) is 0 Å². The monoisotopic (exact) mass is 253 g/mol. The van der Waals surface area contributed by atoms with Gasteiger partial charge < -0.3 is 5.11 Å². The van der Waals surface area contributed by atoms with Crippen LogP contribution in [0.4, 0.5) is 0 Å². The number of halogens is 1. The van der Waals surface area contributed by atoms with Gasteiger partial charge in [-0.1, -0.05) is 18.2 Å². The first-order valence-electron chi connectivity index (χ1n) is 5.30. The lowest BCUT2D eigenvalue weighted by Gasteiger charge is -2.27. The van der Waals surface area contributed by atoms with Gasteiger partial charge in [-0.2, -0.15) is 0 Å². The Morgan fingerprint density at radius 1 is 1.35 bits per heavy atom. The Labute approximate surface area is 104 Å². The Morgan fingerprint density at radius 3 is 2.76 bits per heavy atom. The zero-order valence-corrected chi connectivity index (χ0v) is 9.85. The molecular formula is C12H12ClNO3. The number of rotatable bonds is 3. The average molecular weight is 254 g/mol. The largest absolute Gasteiger partial charge is 0.390 e. The number of β-amino-alcohol motifs (C(OH)–C–C–N with tert-alkyl or cyclic N) is 1. The van der Waals surface area contributed by atoms with Crippen molar-refractivity contribution < 1.29 is 14.7 Å². The first-order valence-corrected chi connectivity index (χ1v) is 5.83. The fourth-order valence-electron chi connectivity index (χ4n) is 1.84. The van der Waals surface area contributed by atoms with Crippen molar-refractivity contribution in [2.45, 2.75) is 12.5 Å². The third-order valence-electron chi connectivity index (χ3n) is 2.71. The number of carbonyl (C=O) groups is 2. The maximum Gasteiger partial charge on any atom is 0.260 e. The molecular weight excluding hydrogens is 242 g/mol. The Morgan fingerprint density at radius 2 is 2.06 bits per heavy atom. The quantitative estimate of drug-likeness (QED) is 0.641. The summed E-state index contributed by atoms with van der Waals surface area (Å²) in [6.45, 7) is -0.0461. The standard InChI is InChI=1S/C12H12ClNO3/c13-6-9(15)7-14-11(16)5-8-3-1-2-4-10(8)12(14)17/h1-4,9,15H,5-7H2. The van der Waals surface area contributed by atoms with Gasteiger partial charge in [-0.05, 0) is 11.6 Å². The van der Waals surface area contributed by atoms with Crippen molar-refractivity contribution in [3.05, 3.63) is 35.4 Å². The fourth-order valence-corrected chi connectivity index (χ4v) is 1.94. The van der Waals surface area contributed by atoms with Gasteiger partial charge >= 0.3 is 0 Å². The highest BCUT2D eigenvalue weighted by molar-refractivity contribution is 6.18. The molecule has 17 heavy (non-hydrogen) atoms. The SMILES string of the molecule is O=C1Cc2ccccc2C(=O)N1CC(O)CCl. The second-order valence-electron chi connectivity index (χ2n) is 3.95. The summed E-state index contributed by atoms with van der Waals surface area (Å²) in [7, 11) is 0. The van der Waals surface area contributed by atoms with Crippen LogP contribution in [0.1, 0.15) is 15.9 Å². The molecule has 1 unspecified atom stereocenters. The molecule has 0 radical (unpaired) electrons. The zero-order chi connectivity index (χ0) is 12.4. The third-order valence-corrected chi connectivity index (χ3v) is 3.06. The van der Waals surface area contributed by atoms with E-state index in [2.05, 4.69) is 0 Å². The Bertz CT molecular complexity index is 461.